The maximum absolute atomic E-state index is 5.03. The number of hydrogen-bond donors (Lipinski definition) is 1. The van der Waals surface area contributed by atoms with Gasteiger partial charge in [0.1, 0.15) is 0 Å². The standard InChI is InChI=1S/C10H14N2/c1-2-3-9-4-6-10(7-5-9)8-12-11/h4-8H,2-3,11H2,1H3. The molecule has 0 saturated carbocycles. The van der Waals surface area contributed by atoms with Crippen LogP contribution in [0.3, 0.4) is 0 Å². The van der Waals surface area contributed by atoms with Crippen LogP contribution in [0.25, 0.3) is 0 Å². The molecule has 2 N–H and O–H groups in total. The van der Waals surface area contributed by atoms with Crippen LogP contribution in [0, 0.1) is 0 Å². The lowest BCUT2D eigenvalue weighted by Gasteiger charge is -1.97. The summed E-state index contributed by atoms with van der Waals surface area (Å²) in [5.74, 6) is 5.03. The van der Waals surface area contributed by atoms with Gasteiger partial charge in [0.2, 0.25) is 0 Å². The van der Waals surface area contributed by atoms with Gasteiger partial charge in [-0.3, -0.25) is 0 Å². The summed E-state index contributed by atoms with van der Waals surface area (Å²) < 4.78 is 0. The number of hydrogen-bond acceptors (Lipinski definition) is 2. The third kappa shape index (κ3) is 2.38. The van der Waals surface area contributed by atoms with E-state index in [1.807, 2.05) is 12.1 Å². The van der Waals surface area contributed by atoms with E-state index < -0.39 is 0 Å². The van der Waals surface area contributed by atoms with E-state index in [0.29, 0.717) is 0 Å². The van der Waals surface area contributed by atoms with Crippen LogP contribution >= 0.6 is 0 Å². The van der Waals surface area contributed by atoms with Crippen LogP contribution < -0.4 is 5.84 Å². The first kappa shape index (κ1) is 8.78. The van der Waals surface area contributed by atoms with Gasteiger partial charge in [0.25, 0.3) is 0 Å². The molecule has 0 heterocycles. The van der Waals surface area contributed by atoms with E-state index in [9.17, 15) is 0 Å². The van der Waals surface area contributed by atoms with E-state index in [1.165, 1.54) is 12.0 Å². The molecule has 2 heteroatoms. The summed E-state index contributed by atoms with van der Waals surface area (Å²) in [5, 5.41) is 3.46. The number of hydrazone groups is 1. The van der Waals surface area contributed by atoms with E-state index in [0.717, 1.165) is 12.0 Å². The molecule has 0 aliphatic rings. The molecule has 1 aromatic rings. The molecule has 0 atom stereocenters. The number of nitrogens with two attached hydrogens (primary N) is 1. The van der Waals surface area contributed by atoms with Crippen LogP contribution in [0.2, 0.25) is 0 Å². The van der Waals surface area contributed by atoms with Crippen LogP contribution in [0.4, 0.5) is 0 Å². The van der Waals surface area contributed by atoms with Gasteiger partial charge in [-0.25, -0.2) is 0 Å². The monoisotopic (exact) mass is 162 g/mol. The van der Waals surface area contributed by atoms with Crippen molar-refractivity contribution >= 4 is 6.21 Å². The molecule has 0 radical (unpaired) electrons. The fourth-order valence-corrected chi connectivity index (χ4v) is 1.15. The van der Waals surface area contributed by atoms with E-state index >= 15 is 0 Å². The van der Waals surface area contributed by atoms with Crippen LogP contribution in [0.5, 0.6) is 0 Å². The minimum Gasteiger partial charge on any atom is -0.323 e. The van der Waals surface area contributed by atoms with Gasteiger partial charge in [-0.1, -0.05) is 37.6 Å². The summed E-state index contributed by atoms with van der Waals surface area (Å²) in [6.07, 6.45) is 3.97. The first-order chi connectivity index (χ1) is 5.86. The summed E-state index contributed by atoms with van der Waals surface area (Å²) >= 11 is 0. The third-order valence-corrected chi connectivity index (χ3v) is 1.74. The Balaban J connectivity index is 2.71. The molecular formula is C10H14N2. The van der Waals surface area contributed by atoms with Gasteiger partial charge in [-0.05, 0) is 17.5 Å². The molecule has 0 saturated heterocycles. The van der Waals surface area contributed by atoms with Crippen molar-refractivity contribution in [2.75, 3.05) is 0 Å². The van der Waals surface area contributed by atoms with Gasteiger partial charge in [0, 0.05) is 0 Å². The fourth-order valence-electron chi connectivity index (χ4n) is 1.15. The highest BCUT2D eigenvalue weighted by atomic mass is 15.1. The average Bonchev–Trinajstić information content (AvgIpc) is 2.09. The zero-order valence-corrected chi connectivity index (χ0v) is 7.33. The van der Waals surface area contributed by atoms with Gasteiger partial charge >= 0.3 is 0 Å². The number of nitrogens with zero attached hydrogens (tertiary/aromatic N) is 1. The Morgan fingerprint density at radius 3 is 2.50 bits per heavy atom. The fraction of sp³-hybridized carbons (Fsp3) is 0.300. The lowest BCUT2D eigenvalue weighted by molar-refractivity contribution is 0.922. The van der Waals surface area contributed by atoms with Gasteiger partial charge < -0.3 is 5.84 Å². The summed E-state index contributed by atoms with van der Waals surface area (Å²) in [6.45, 7) is 2.18. The van der Waals surface area contributed by atoms with Crippen molar-refractivity contribution < 1.29 is 0 Å². The molecule has 0 aliphatic carbocycles. The highest BCUT2D eigenvalue weighted by Gasteiger charge is 1.90. The molecule has 64 valence electrons. The smallest absolute Gasteiger partial charge is 0.0538 e. The van der Waals surface area contributed by atoms with Gasteiger partial charge in [-0.15, -0.1) is 0 Å². The second kappa shape index (κ2) is 4.54. The molecule has 0 aromatic heterocycles. The predicted octanol–water partition coefficient (Wildman–Crippen LogP) is 1.93. The molecule has 1 rings (SSSR count). The van der Waals surface area contributed by atoms with Crippen molar-refractivity contribution in [1.82, 2.24) is 0 Å². The van der Waals surface area contributed by atoms with Crippen LogP contribution in [-0.4, -0.2) is 6.21 Å². The molecule has 0 amide bonds. The van der Waals surface area contributed by atoms with E-state index in [1.54, 1.807) is 6.21 Å². The summed E-state index contributed by atoms with van der Waals surface area (Å²) in [7, 11) is 0. The second-order valence-corrected chi connectivity index (χ2v) is 2.77. The minimum absolute atomic E-state index is 1.05. The second-order valence-electron chi connectivity index (χ2n) is 2.77. The zero-order valence-electron chi connectivity index (χ0n) is 7.33. The lowest BCUT2D eigenvalue weighted by Crippen LogP contribution is -1.87. The molecule has 0 fully saturated rings. The third-order valence-electron chi connectivity index (χ3n) is 1.74. The Morgan fingerprint density at radius 1 is 1.33 bits per heavy atom. The van der Waals surface area contributed by atoms with E-state index in [4.69, 9.17) is 5.84 Å². The average molecular weight is 162 g/mol. The van der Waals surface area contributed by atoms with Crippen LogP contribution in [0.1, 0.15) is 24.5 Å². The Labute approximate surface area is 73.1 Å². The highest BCUT2D eigenvalue weighted by Crippen LogP contribution is 2.04. The quantitative estimate of drug-likeness (QED) is 0.411. The van der Waals surface area contributed by atoms with Crippen molar-refractivity contribution in [3.8, 4) is 0 Å². The Kier molecular flexibility index (Phi) is 3.33. The summed E-state index contributed by atoms with van der Waals surface area (Å²) in [5.41, 5.74) is 2.42. The first-order valence-corrected chi connectivity index (χ1v) is 4.19. The number of benzene rings is 1. The predicted molar refractivity (Wildman–Crippen MR) is 52.2 cm³/mol. The Hall–Kier alpha value is -1.31. The van der Waals surface area contributed by atoms with E-state index in [2.05, 4.69) is 24.2 Å². The summed E-state index contributed by atoms with van der Waals surface area (Å²) in [4.78, 5) is 0. The minimum atomic E-state index is 1.05. The Morgan fingerprint density at radius 2 is 2.00 bits per heavy atom. The van der Waals surface area contributed by atoms with Crippen molar-refractivity contribution in [3.05, 3.63) is 35.4 Å². The first-order valence-electron chi connectivity index (χ1n) is 4.19. The molecule has 0 spiro atoms. The molecule has 12 heavy (non-hydrogen) atoms. The van der Waals surface area contributed by atoms with E-state index in [-0.39, 0.29) is 0 Å². The highest BCUT2D eigenvalue weighted by molar-refractivity contribution is 5.79. The maximum Gasteiger partial charge on any atom is 0.0538 e. The molecular weight excluding hydrogens is 148 g/mol. The maximum atomic E-state index is 5.03. The normalized spacial score (nSPS) is 10.8. The lowest BCUT2D eigenvalue weighted by atomic mass is 10.1. The largest absolute Gasteiger partial charge is 0.323 e. The topological polar surface area (TPSA) is 38.4 Å². The zero-order chi connectivity index (χ0) is 8.81. The van der Waals surface area contributed by atoms with Gasteiger partial charge in [-0.2, -0.15) is 5.10 Å². The van der Waals surface area contributed by atoms with Gasteiger partial charge in [0.15, 0.2) is 0 Å². The molecule has 1 aromatic carbocycles. The molecule has 0 unspecified atom stereocenters. The number of aryl methyl sites for hydroxylation is 1. The molecule has 0 bridgehead atoms. The van der Waals surface area contributed by atoms with Crippen molar-refractivity contribution in [2.24, 2.45) is 10.9 Å². The Bertz CT molecular complexity index is 249. The molecule has 2 nitrogen and oxygen atoms in total. The summed E-state index contributed by atoms with van der Waals surface area (Å²) in [6, 6.07) is 8.28. The van der Waals surface area contributed by atoms with Crippen LogP contribution in [0.15, 0.2) is 29.4 Å². The van der Waals surface area contributed by atoms with Crippen molar-refractivity contribution in [3.63, 3.8) is 0 Å². The van der Waals surface area contributed by atoms with Crippen LogP contribution in [-0.2, 0) is 6.42 Å². The van der Waals surface area contributed by atoms with Crippen molar-refractivity contribution in [2.45, 2.75) is 19.8 Å². The van der Waals surface area contributed by atoms with Crippen molar-refractivity contribution in [1.29, 1.82) is 0 Å². The number of rotatable bonds is 3. The SMILES string of the molecule is CCCc1ccc(C=NN)cc1. The molecule has 0 aliphatic heterocycles. The van der Waals surface area contributed by atoms with Gasteiger partial charge in [0.05, 0.1) is 6.21 Å².